The van der Waals surface area contributed by atoms with E-state index in [-0.39, 0.29) is 23.7 Å². The summed E-state index contributed by atoms with van der Waals surface area (Å²) < 4.78 is 7.93. The van der Waals surface area contributed by atoms with Crippen molar-refractivity contribution in [2.75, 3.05) is 18.0 Å². The Morgan fingerprint density at radius 3 is 2.54 bits per heavy atom. The Morgan fingerprint density at radius 1 is 1.11 bits per heavy atom. The molecule has 0 radical (unpaired) electrons. The van der Waals surface area contributed by atoms with Gasteiger partial charge in [0.25, 0.3) is 11.5 Å². The molecule has 4 heterocycles. The van der Waals surface area contributed by atoms with E-state index in [2.05, 4.69) is 4.90 Å². The molecule has 2 aliphatic heterocycles. The third-order valence-electron chi connectivity index (χ3n) is 6.12. The van der Waals surface area contributed by atoms with Gasteiger partial charge in [-0.1, -0.05) is 60.4 Å². The van der Waals surface area contributed by atoms with Crippen LogP contribution in [-0.2, 0) is 16.1 Å². The van der Waals surface area contributed by atoms with Gasteiger partial charge in [-0.2, -0.15) is 0 Å². The molecule has 0 unspecified atom stereocenters. The van der Waals surface area contributed by atoms with Gasteiger partial charge in [-0.3, -0.25) is 18.9 Å². The lowest BCUT2D eigenvalue weighted by atomic mass is 10.1. The number of morpholine rings is 1. The van der Waals surface area contributed by atoms with Gasteiger partial charge in [0.15, 0.2) is 0 Å². The van der Waals surface area contributed by atoms with Crippen LogP contribution in [0.2, 0.25) is 0 Å². The normalized spacial score (nSPS) is 22.0. The summed E-state index contributed by atoms with van der Waals surface area (Å²) >= 11 is 6.75. The maximum atomic E-state index is 13.7. The minimum atomic E-state index is -0.214. The Bertz CT molecular complexity index is 1390. The number of aryl methyl sites for hydroxylation is 1. The number of benzene rings is 1. The van der Waals surface area contributed by atoms with Crippen LogP contribution < -0.4 is 10.5 Å². The molecule has 2 fully saturated rings. The zero-order valence-corrected chi connectivity index (χ0v) is 21.4. The molecule has 1 amide bonds. The van der Waals surface area contributed by atoms with Crippen molar-refractivity contribution in [2.45, 2.75) is 39.5 Å². The van der Waals surface area contributed by atoms with E-state index < -0.39 is 0 Å². The highest BCUT2D eigenvalue weighted by Gasteiger charge is 2.33. The Balaban J connectivity index is 1.60. The van der Waals surface area contributed by atoms with Crippen LogP contribution in [0.3, 0.4) is 0 Å². The summed E-state index contributed by atoms with van der Waals surface area (Å²) in [5.74, 6) is 0.367. The van der Waals surface area contributed by atoms with Crippen LogP contribution in [0.15, 0.2) is 58.4 Å². The first kappa shape index (κ1) is 23.7. The number of thiocarbonyl (C=S) groups is 1. The molecule has 2 aromatic heterocycles. The lowest BCUT2D eigenvalue weighted by Crippen LogP contribution is -2.46. The molecule has 5 rings (SSSR count). The molecule has 35 heavy (non-hydrogen) atoms. The summed E-state index contributed by atoms with van der Waals surface area (Å²) in [6.07, 6.45) is 3.36. The maximum absolute atomic E-state index is 13.7. The summed E-state index contributed by atoms with van der Waals surface area (Å²) in [5.41, 5.74) is 2.67. The first-order valence-corrected chi connectivity index (χ1v) is 12.8. The second kappa shape index (κ2) is 9.56. The smallest absolute Gasteiger partial charge is 0.267 e. The van der Waals surface area contributed by atoms with Gasteiger partial charge in [-0.25, -0.2) is 4.98 Å². The number of rotatable bonds is 4. The van der Waals surface area contributed by atoms with E-state index in [4.69, 9.17) is 21.9 Å². The molecular weight excluding hydrogens is 480 g/mol. The molecule has 2 atom stereocenters. The fourth-order valence-corrected chi connectivity index (χ4v) is 5.79. The van der Waals surface area contributed by atoms with Gasteiger partial charge in [-0.05, 0) is 44.0 Å². The maximum Gasteiger partial charge on any atom is 0.267 e. The first-order chi connectivity index (χ1) is 16.8. The van der Waals surface area contributed by atoms with Crippen LogP contribution in [0, 0.1) is 6.92 Å². The Hall–Kier alpha value is -3.01. The highest BCUT2D eigenvalue weighted by atomic mass is 32.2. The molecule has 2 saturated heterocycles. The molecule has 0 aliphatic carbocycles. The number of aromatic nitrogens is 2. The summed E-state index contributed by atoms with van der Waals surface area (Å²) in [6.45, 7) is 7.56. The van der Waals surface area contributed by atoms with Gasteiger partial charge in [0.2, 0.25) is 0 Å². The minimum absolute atomic E-state index is 0.00666. The number of fused-ring (bicyclic) bond motifs is 1. The second-order valence-corrected chi connectivity index (χ2v) is 10.6. The lowest BCUT2D eigenvalue weighted by molar-refractivity contribution is -0.122. The predicted octanol–water partition coefficient (Wildman–Crippen LogP) is 4.02. The number of carbonyl (C=O) groups excluding carboxylic acids is 1. The van der Waals surface area contributed by atoms with E-state index in [9.17, 15) is 9.59 Å². The molecule has 0 N–H and O–H groups in total. The zero-order chi connectivity index (χ0) is 24.7. The van der Waals surface area contributed by atoms with Gasteiger partial charge in [0.1, 0.15) is 15.8 Å². The van der Waals surface area contributed by atoms with Gasteiger partial charge < -0.3 is 9.64 Å². The van der Waals surface area contributed by atoms with Gasteiger partial charge in [0, 0.05) is 19.3 Å². The fourth-order valence-electron chi connectivity index (χ4n) is 4.55. The first-order valence-electron chi connectivity index (χ1n) is 11.5. The van der Waals surface area contributed by atoms with Crippen LogP contribution in [0.5, 0.6) is 0 Å². The number of thioether (sulfide) groups is 1. The third kappa shape index (κ3) is 4.63. The standard InChI is InChI=1S/C26H26N4O3S2/c1-16-8-7-11-29-22(16)27-23(28-13-17(2)33-18(3)14-28)20(24(29)31)12-21-25(32)30(26(34)35-21)15-19-9-5-4-6-10-19/h4-12,17-18H,13-15H2,1-3H3/b21-12-/t17-,18-/m0/s1. The van der Waals surface area contributed by atoms with Crippen molar-refractivity contribution in [1.82, 2.24) is 14.3 Å². The molecule has 0 bridgehead atoms. The SMILES string of the molecule is Cc1cccn2c(=O)c(/C=C3\SC(=S)N(Cc4ccccc4)C3=O)c(N3C[C@H](C)O[C@@H](C)C3)nc12. The molecular formula is C26H26N4O3S2. The van der Waals surface area contributed by atoms with Crippen molar-refractivity contribution in [2.24, 2.45) is 0 Å². The molecule has 2 aliphatic rings. The number of amides is 1. The van der Waals surface area contributed by atoms with Crippen molar-refractivity contribution in [3.8, 4) is 0 Å². The Morgan fingerprint density at radius 2 is 1.83 bits per heavy atom. The summed E-state index contributed by atoms with van der Waals surface area (Å²) in [5, 5.41) is 0. The molecule has 7 nitrogen and oxygen atoms in total. The minimum Gasteiger partial charge on any atom is -0.372 e. The van der Waals surface area contributed by atoms with Crippen LogP contribution in [-0.4, -0.2) is 49.8 Å². The van der Waals surface area contributed by atoms with Crippen molar-refractivity contribution in [3.05, 3.63) is 80.6 Å². The third-order valence-corrected chi connectivity index (χ3v) is 7.49. The van der Waals surface area contributed by atoms with Gasteiger partial charge in [0.05, 0.1) is 29.2 Å². The Labute approximate surface area is 213 Å². The van der Waals surface area contributed by atoms with E-state index in [1.807, 2.05) is 63.2 Å². The fraction of sp³-hybridized carbons (Fsp3) is 0.308. The van der Waals surface area contributed by atoms with Crippen LogP contribution in [0.4, 0.5) is 5.82 Å². The van der Waals surface area contributed by atoms with E-state index in [1.165, 1.54) is 11.8 Å². The van der Waals surface area contributed by atoms with E-state index in [0.29, 0.717) is 45.9 Å². The van der Waals surface area contributed by atoms with Crippen molar-refractivity contribution < 1.29 is 9.53 Å². The number of ether oxygens (including phenoxy) is 1. The number of anilines is 1. The molecule has 3 aromatic rings. The van der Waals surface area contributed by atoms with E-state index in [1.54, 1.807) is 21.6 Å². The summed E-state index contributed by atoms with van der Waals surface area (Å²) in [6, 6.07) is 13.5. The average molecular weight is 507 g/mol. The molecule has 0 saturated carbocycles. The number of pyridine rings is 1. The number of hydrogen-bond acceptors (Lipinski definition) is 7. The summed E-state index contributed by atoms with van der Waals surface area (Å²) in [7, 11) is 0. The quantitative estimate of drug-likeness (QED) is 0.391. The monoisotopic (exact) mass is 506 g/mol. The highest BCUT2D eigenvalue weighted by molar-refractivity contribution is 8.26. The van der Waals surface area contributed by atoms with Crippen molar-refractivity contribution in [3.63, 3.8) is 0 Å². The van der Waals surface area contributed by atoms with Gasteiger partial charge >= 0.3 is 0 Å². The van der Waals surface area contributed by atoms with E-state index >= 15 is 0 Å². The largest absolute Gasteiger partial charge is 0.372 e. The zero-order valence-electron chi connectivity index (χ0n) is 19.8. The lowest BCUT2D eigenvalue weighted by Gasteiger charge is -2.36. The van der Waals surface area contributed by atoms with Crippen LogP contribution >= 0.6 is 24.0 Å². The average Bonchev–Trinajstić information content (AvgIpc) is 3.08. The topological polar surface area (TPSA) is 67.2 Å². The number of hydrogen-bond donors (Lipinski definition) is 0. The number of carbonyl (C=O) groups is 1. The van der Waals surface area contributed by atoms with Crippen molar-refractivity contribution in [1.29, 1.82) is 0 Å². The van der Waals surface area contributed by atoms with Crippen molar-refractivity contribution >= 4 is 51.7 Å². The van der Waals surface area contributed by atoms with E-state index in [0.717, 1.165) is 11.1 Å². The van der Waals surface area contributed by atoms with Crippen LogP contribution in [0.25, 0.3) is 11.7 Å². The Kier molecular flexibility index (Phi) is 6.48. The second-order valence-electron chi connectivity index (χ2n) is 8.95. The van der Waals surface area contributed by atoms with Crippen LogP contribution in [0.1, 0.15) is 30.5 Å². The molecule has 1 aromatic carbocycles. The molecule has 9 heteroatoms. The number of nitrogens with zero attached hydrogens (tertiary/aromatic N) is 4. The summed E-state index contributed by atoms with van der Waals surface area (Å²) in [4.78, 5) is 36.1. The molecule has 0 spiro atoms. The van der Waals surface area contributed by atoms with Gasteiger partial charge in [-0.15, -0.1) is 0 Å². The highest BCUT2D eigenvalue weighted by Crippen LogP contribution is 2.35. The predicted molar refractivity (Wildman–Crippen MR) is 144 cm³/mol. The molecule has 180 valence electrons.